The van der Waals surface area contributed by atoms with E-state index in [-0.39, 0.29) is 17.2 Å². The van der Waals surface area contributed by atoms with Crippen LogP contribution < -0.4 is 9.64 Å². The highest BCUT2D eigenvalue weighted by molar-refractivity contribution is 6.33. The summed E-state index contributed by atoms with van der Waals surface area (Å²) in [5, 5.41) is 0.590. The molecule has 1 aliphatic rings. The molecule has 0 spiro atoms. The number of aryl methyl sites for hydroxylation is 1. The van der Waals surface area contributed by atoms with Crippen molar-refractivity contribution in [2.24, 2.45) is 0 Å². The Labute approximate surface area is 217 Å². The van der Waals surface area contributed by atoms with Crippen molar-refractivity contribution in [1.82, 2.24) is 9.55 Å². The zero-order valence-electron chi connectivity index (χ0n) is 21.1. The fraction of sp³-hybridized carbons (Fsp3) is 0.333. The zero-order valence-corrected chi connectivity index (χ0v) is 21.8. The first-order valence-electron chi connectivity index (χ1n) is 12.6. The highest BCUT2D eigenvalue weighted by Crippen LogP contribution is 2.36. The number of anilines is 1. The minimum Gasteiger partial charge on any atom is -0.493 e. The molecule has 5 rings (SSSR count). The molecule has 0 aliphatic carbocycles. The van der Waals surface area contributed by atoms with E-state index in [1.807, 2.05) is 54.6 Å². The Morgan fingerprint density at radius 1 is 1.00 bits per heavy atom. The van der Waals surface area contributed by atoms with E-state index in [0.717, 1.165) is 41.3 Å². The summed E-state index contributed by atoms with van der Waals surface area (Å²) >= 11 is 6.40. The molecule has 186 valence electrons. The Bertz CT molecular complexity index is 1390. The first-order valence-corrected chi connectivity index (χ1v) is 12.9. The monoisotopic (exact) mass is 501 g/mol. The van der Waals surface area contributed by atoms with Crippen molar-refractivity contribution in [1.29, 1.82) is 0 Å². The van der Waals surface area contributed by atoms with Crippen LogP contribution in [0.3, 0.4) is 0 Å². The van der Waals surface area contributed by atoms with E-state index in [1.54, 1.807) is 4.90 Å². The van der Waals surface area contributed by atoms with Crippen LogP contribution in [0.1, 0.15) is 50.9 Å². The summed E-state index contributed by atoms with van der Waals surface area (Å²) in [6.45, 7) is 8.55. The van der Waals surface area contributed by atoms with Crippen molar-refractivity contribution in [3.63, 3.8) is 0 Å². The molecule has 5 nitrogen and oxygen atoms in total. The zero-order chi connectivity index (χ0) is 25.3. The van der Waals surface area contributed by atoms with Crippen LogP contribution in [0.15, 0.2) is 72.8 Å². The number of nitrogens with zero attached hydrogens (tertiary/aromatic N) is 3. The van der Waals surface area contributed by atoms with Gasteiger partial charge in [0.2, 0.25) is 5.91 Å². The Hall–Kier alpha value is -3.31. The maximum Gasteiger partial charge on any atom is 0.227 e. The van der Waals surface area contributed by atoms with Crippen LogP contribution in [-0.2, 0) is 16.8 Å². The van der Waals surface area contributed by atoms with E-state index in [2.05, 4.69) is 43.5 Å². The summed E-state index contributed by atoms with van der Waals surface area (Å²) < 4.78 is 8.50. The number of hydrogen-bond acceptors (Lipinski definition) is 3. The molecule has 6 heteroatoms. The molecule has 0 bridgehead atoms. The molecule has 1 aromatic heterocycles. The highest BCUT2D eigenvalue weighted by Gasteiger charge is 2.35. The summed E-state index contributed by atoms with van der Waals surface area (Å²) in [5.74, 6) is 1.98. The average molecular weight is 502 g/mol. The second-order valence-electron chi connectivity index (χ2n) is 10.4. The number of rotatable bonds is 7. The molecule has 36 heavy (non-hydrogen) atoms. The number of ether oxygens (including phenoxy) is 1. The third-order valence-corrected chi connectivity index (χ3v) is 7.12. The highest BCUT2D eigenvalue weighted by atomic mass is 35.5. The summed E-state index contributed by atoms with van der Waals surface area (Å²) in [6, 6.07) is 24.0. The summed E-state index contributed by atoms with van der Waals surface area (Å²) in [7, 11) is 0. The van der Waals surface area contributed by atoms with Gasteiger partial charge in [-0.2, -0.15) is 0 Å². The number of imidazole rings is 1. The van der Waals surface area contributed by atoms with E-state index < -0.39 is 0 Å². The number of amides is 1. The van der Waals surface area contributed by atoms with Gasteiger partial charge in [-0.1, -0.05) is 74.8 Å². The van der Waals surface area contributed by atoms with Crippen LogP contribution in [0.25, 0.3) is 11.0 Å². The molecule has 1 unspecified atom stereocenters. The first-order chi connectivity index (χ1) is 17.3. The van der Waals surface area contributed by atoms with Crippen molar-refractivity contribution < 1.29 is 9.53 Å². The molecule has 3 aromatic carbocycles. The lowest BCUT2D eigenvalue weighted by Gasteiger charge is -2.22. The standard InChI is InChI=1S/C30H32ClN3O2/c1-30(2,3)22-11-4-9-16-27(22)36-18-10-17-33-26-15-8-6-13-24(26)32-29(33)21-19-28(35)34(20-21)25-14-7-5-12-23(25)31/h4-9,11-16,21H,10,17-20H2,1-3H3. The number of para-hydroxylation sites is 4. The molecule has 1 atom stereocenters. The van der Waals surface area contributed by atoms with Crippen molar-refractivity contribution in [2.75, 3.05) is 18.1 Å². The Kier molecular flexibility index (Phi) is 6.76. The third-order valence-electron chi connectivity index (χ3n) is 6.80. The van der Waals surface area contributed by atoms with Gasteiger partial charge in [0.15, 0.2) is 0 Å². The van der Waals surface area contributed by atoms with Crippen LogP contribution >= 0.6 is 11.6 Å². The quantitative estimate of drug-likeness (QED) is 0.257. The summed E-state index contributed by atoms with van der Waals surface area (Å²) in [6.07, 6.45) is 1.25. The Morgan fingerprint density at radius 3 is 2.53 bits per heavy atom. The van der Waals surface area contributed by atoms with Crippen molar-refractivity contribution in [3.05, 3.63) is 89.2 Å². The second kappa shape index (κ2) is 9.98. The first kappa shape index (κ1) is 24.4. The molecule has 1 amide bonds. The Balaban J connectivity index is 1.35. The van der Waals surface area contributed by atoms with E-state index in [0.29, 0.717) is 24.6 Å². The van der Waals surface area contributed by atoms with E-state index in [1.165, 1.54) is 5.56 Å². The predicted molar refractivity (Wildman–Crippen MR) is 146 cm³/mol. The number of carbonyl (C=O) groups is 1. The molecule has 0 radical (unpaired) electrons. The molecule has 1 saturated heterocycles. The average Bonchev–Trinajstić information content (AvgIpc) is 3.42. The van der Waals surface area contributed by atoms with Crippen LogP contribution in [0.2, 0.25) is 5.02 Å². The van der Waals surface area contributed by atoms with Gasteiger partial charge in [-0.15, -0.1) is 0 Å². The van der Waals surface area contributed by atoms with Gasteiger partial charge in [0.1, 0.15) is 11.6 Å². The van der Waals surface area contributed by atoms with Gasteiger partial charge >= 0.3 is 0 Å². The van der Waals surface area contributed by atoms with E-state index in [9.17, 15) is 4.79 Å². The summed E-state index contributed by atoms with van der Waals surface area (Å²) in [4.78, 5) is 19.7. The minimum absolute atomic E-state index is 0.00343. The van der Waals surface area contributed by atoms with Gasteiger partial charge < -0.3 is 14.2 Å². The molecule has 1 fully saturated rings. The van der Waals surface area contributed by atoms with Gasteiger partial charge in [-0.05, 0) is 47.7 Å². The van der Waals surface area contributed by atoms with Crippen LogP contribution in [0.5, 0.6) is 5.75 Å². The minimum atomic E-state index is 0.00343. The summed E-state index contributed by atoms with van der Waals surface area (Å²) in [5.41, 5.74) is 4.04. The predicted octanol–water partition coefficient (Wildman–Crippen LogP) is 6.98. The molecule has 2 heterocycles. The third kappa shape index (κ3) is 4.85. The van der Waals surface area contributed by atoms with Gasteiger partial charge in [-0.3, -0.25) is 4.79 Å². The lowest BCUT2D eigenvalue weighted by atomic mass is 9.86. The molecule has 0 saturated carbocycles. The van der Waals surface area contributed by atoms with Crippen LogP contribution in [0, 0.1) is 0 Å². The molecular weight excluding hydrogens is 470 g/mol. The van der Waals surface area contributed by atoms with Gasteiger partial charge in [-0.25, -0.2) is 4.98 Å². The molecule has 1 aliphatic heterocycles. The lowest BCUT2D eigenvalue weighted by Crippen LogP contribution is -2.24. The number of carbonyl (C=O) groups excluding carboxylic acids is 1. The van der Waals surface area contributed by atoms with Crippen LogP contribution in [0.4, 0.5) is 5.69 Å². The van der Waals surface area contributed by atoms with Crippen molar-refractivity contribution in [3.8, 4) is 5.75 Å². The number of benzene rings is 3. The maximum absolute atomic E-state index is 13.0. The van der Waals surface area contributed by atoms with E-state index in [4.69, 9.17) is 21.3 Å². The SMILES string of the molecule is CC(C)(C)c1ccccc1OCCCn1c(C2CC(=O)N(c3ccccc3Cl)C2)nc2ccccc21. The number of aromatic nitrogens is 2. The van der Waals surface area contributed by atoms with Gasteiger partial charge in [0.25, 0.3) is 0 Å². The van der Waals surface area contributed by atoms with Gasteiger partial charge in [0, 0.05) is 25.4 Å². The fourth-order valence-electron chi connectivity index (χ4n) is 5.04. The number of hydrogen-bond donors (Lipinski definition) is 0. The maximum atomic E-state index is 13.0. The Morgan fingerprint density at radius 2 is 1.72 bits per heavy atom. The van der Waals surface area contributed by atoms with Gasteiger partial charge in [0.05, 0.1) is 28.4 Å². The largest absolute Gasteiger partial charge is 0.493 e. The van der Waals surface area contributed by atoms with Crippen molar-refractivity contribution >= 4 is 34.2 Å². The number of fused-ring (bicyclic) bond motifs is 1. The van der Waals surface area contributed by atoms with E-state index >= 15 is 0 Å². The fourth-order valence-corrected chi connectivity index (χ4v) is 5.28. The molecule has 4 aromatic rings. The normalized spacial score (nSPS) is 16.2. The number of halogens is 1. The smallest absolute Gasteiger partial charge is 0.227 e. The lowest BCUT2D eigenvalue weighted by molar-refractivity contribution is -0.117. The second-order valence-corrected chi connectivity index (χ2v) is 10.8. The van der Waals surface area contributed by atoms with Crippen molar-refractivity contribution in [2.45, 2.75) is 51.5 Å². The van der Waals surface area contributed by atoms with Crippen LogP contribution in [-0.4, -0.2) is 28.6 Å². The molecule has 0 N–H and O–H groups in total. The topological polar surface area (TPSA) is 47.4 Å². The molecular formula is C30H32ClN3O2.